The molecule has 0 bridgehead atoms. The third-order valence-electron chi connectivity index (χ3n) is 10.2. The molecule has 5 rings (SSSR count). The van der Waals surface area contributed by atoms with E-state index >= 15 is 0 Å². The minimum Gasteiger partial charge on any atom is -0.462 e. The highest BCUT2D eigenvalue weighted by Crippen LogP contribution is 2.70. The highest BCUT2D eigenvalue weighted by atomic mass is 16.8. The summed E-state index contributed by atoms with van der Waals surface area (Å²) in [5, 5.41) is 0. The summed E-state index contributed by atoms with van der Waals surface area (Å²) in [6, 6.07) is 0. The first-order valence-electron chi connectivity index (χ1n) is 13.2. The van der Waals surface area contributed by atoms with Crippen LogP contribution in [0.5, 0.6) is 0 Å². The van der Waals surface area contributed by atoms with Gasteiger partial charge in [-0.25, -0.2) is 0 Å². The summed E-state index contributed by atoms with van der Waals surface area (Å²) < 4.78 is 23.7. The summed E-state index contributed by atoms with van der Waals surface area (Å²) in [5.41, 5.74) is 0.0429. The molecule has 4 fully saturated rings. The molecule has 7 heteroatoms. The van der Waals surface area contributed by atoms with E-state index in [1.165, 1.54) is 19.4 Å². The molecule has 0 aromatic carbocycles. The number of carbonyl (C=O) groups excluding carboxylic acids is 3. The number of ketones is 1. The van der Waals surface area contributed by atoms with Crippen molar-refractivity contribution in [3.05, 3.63) is 11.6 Å². The topological polar surface area (TPSA) is 88.1 Å². The summed E-state index contributed by atoms with van der Waals surface area (Å²) in [4.78, 5) is 36.8. The minimum absolute atomic E-state index is 0.0192. The first kappa shape index (κ1) is 24.9. The smallest absolute Gasteiger partial charge is 0.303 e. The predicted octanol–water partition coefficient (Wildman–Crippen LogP) is 4.51. The molecular weight excluding hydrogens is 448 g/mol. The second-order valence-electron chi connectivity index (χ2n) is 12.5. The van der Waals surface area contributed by atoms with Crippen LogP contribution in [0.25, 0.3) is 0 Å². The zero-order valence-corrected chi connectivity index (χ0v) is 22.0. The molecule has 7 nitrogen and oxygen atoms in total. The Labute approximate surface area is 208 Å². The number of fused-ring (bicyclic) bond motifs is 7. The second-order valence-corrected chi connectivity index (χ2v) is 12.5. The number of rotatable bonds is 4. The van der Waals surface area contributed by atoms with Crippen LogP contribution in [-0.4, -0.2) is 47.9 Å². The van der Waals surface area contributed by atoms with Crippen molar-refractivity contribution < 1.29 is 33.3 Å². The Balaban J connectivity index is 1.46. The molecule has 1 saturated heterocycles. The lowest BCUT2D eigenvalue weighted by molar-refractivity contribution is -0.215. The third kappa shape index (κ3) is 3.63. The number of hydrogen-bond donors (Lipinski definition) is 0. The van der Waals surface area contributed by atoms with Gasteiger partial charge in [0.2, 0.25) is 5.78 Å². The average Bonchev–Trinajstić information content (AvgIpc) is 3.17. The van der Waals surface area contributed by atoms with E-state index in [2.05, 4.69) is 19.9 Å². The Hall–Kier alpha value is -1.73. The van der Waals surface area contributed by atoms with Crippen molar-refractivity contribution in [2.75, 3.05) is 6.61 Å². The van der Waals surface area contributed by atoms with Gasteiger partial charge >= 0.3 is 11.9 Å². The van der Waals surface area contributed by atoms with Crippen molar-refractivity contribution in [3.63, 3.8) is 0 Å². The van der Waals surface area contributed by atoms with Gasteiger partial charge in [0.25, 0.3) is 0 Å². The van der Waals surface area contributed by atoms with Gasteiger partial charge in [0.15, 0.2) is 18.0 Å². The minimum atomic E-state index is -1.10. The van der Waals surface area contributed by atoms with E-state index in [0.29, 0.717) is 11.8 Å². The maximum Gasteiger partial charge on any atom is 0.303 e. The van der Waals surface area contributed by atoms with Crippen LogP contribution in [0.15, 0.2) is 11.6 Å². The van der Waals surface area contributed by atoms with E-state index < -0.39 is 17.4 Å². The fourth-order valence-electron chi connectivity index (χ4n) is 8.84. The number of carbonyl (C=O) groups is 3. The SMILES string of the molecule is CC(=O)OCC(=O)[C@@]12OC(C)(C)O[C@@H]1C[C@@H]1[C@@H]3CC=C4C[C@H](OC(C)=O)CC[C@]4(C)[C@@H]3CC[C@@]12C. The van der Waals surface area contributed by atoms with Crippen LogP contribution in [0.3, 0.4) is 0 Å². The number of Topliss-reactive ketones (excluding diaryl/α,β-unsaturated/α-hetero) is 1. The average molecular weight is 489 g/mol. The van der Waals surface area contributed by atoms with Crippen molar-refractivity contribution >= 4 is 17.7 Å². The Morgan fingerprint density at radius 2 is 1.77 bits per heavy atom. The van der Waals surface area contributed by atoms with Gasteiger partial charge in [-0.3, -0.25) is 14.4 Å². The molecular formula is C28H40O7. The molecule has 0 amide bonds. The van der Waals surface area contributed by atoms with Crippen LogP contribution in [0.4, 0.5) is 0 Å². The molecule has 1 aliphatic heterocycles. The van der Waals surface area contributed by atoms with Gasteiger partial charge in [0, 0.05) is 25.7 Å². The highest BCUT2D eigenvalue weighted by Gasteiger charge is 2.75. The van der Waals surface area contributed by atoms with Gasteiger partial charge in [-0.15, -0.1) is 0 Å². The molecule has 35 heavy (non-hydrogen) atoms. The maximum absolute atomic E-state index is 13.7. The molecule has 0 aromatic rings. The first-order chi connectivity index (χ1) is 16.3. The Bertz CT molecular complexity index is 968. The molecule has 0 radical (unpaired) electrons. The van der Waals surface area contributed by atoms with Gasteiger partial charge in [-0.05, 0) is 75.5 Å². The first-order valence-corrected chi connectivity index (χ1v) is 13.2. The van der Waals surface area contributed by atoms with Gasteiger partial charge < -0.3 is 18.9 Å². The number of allylic oxidation sites excluding steroid dienone is 1. The van der Waals surface area contributed by atoms with Crippen LogP contribution >= 0.6 is 0 Å². The lowest BCUT2D eigenvalue weighted by atomic mass is 9.46. The van der Waals surface area contributed by atoms with E-state index in [0.717, 1.165) is 44.9 Å². The predicted molar refractivity (Wildman–Crippen MR) is 127 cm³/mol. The Kier molecular flexibility index (Phi) is 5.80. The van der Waals surface area contributed by atoms with Crippen molar-refractivity contribution in [2.24, 2.45) is 28.6 Å². The fourth-order valence-corrected chi connectivity index (χ4v) is 8.84. The van der Waals surface area contributed by atoms with Crippen molar-refractivity contribution in [1.29, 1.82) is 0 Å². The molecule has 5 aliphatic rings. The second kappa shape index (κ2) is 8.14. The highest BCUT2D eigenvalue weighted by molar-refractivity contribution is 5.92. The molecule has 0 spiro atoms. The molecule has 3 saturated carbocycles. The van der Waals surface area contributed by atoms with E-state index in [1.807, 2.05) is 13.8 Å². The van der Waals surface area contributed by atoms with Crippen LogP contribution in [-0.2, 0) is 33.3 Å². The summed E-state index contributed by atoms with van der Waals surface area (Å²) in [5.74, 6) is -0.461. The summed E-state index contributed by atoms with van der Waals surface area (Å²) >= 11 is 0. The van der Waals surface area contributed by atoms with Crippen LogP contribution in [0.1, 0.15) is 86.5 Å². The standard InChI is InChI=1S/C28H40O7/c1-16(29)32-15-23(31)28-24(34-25(3,4)35-28)14-22-20-8-7-18-13-19(33-17(2)30)9-11-26(18,5)21(20)10-12-27(22,28)6/h7,19-22,24H,8-15H2,1-6H3/t19-,20-,21-,22-,24-,26+,27+,28-/m1/s1. The van der Waals surface area contributed by atoms with Gasteiger partial charge in [0.1, 0.15) is 6.10 Å². The van der Waals surface area contributed by atoms with E-state index in [4.69, 9.17) is 18.9 Å². The number of esters is 2. The number of ether oxygens (including phenoxy) is 4. The molecule has 1 heterocycles. The largest absolute Gasteiger partial charge is 0.462 e. The fraction of sp³-hybridized carbons (Fsp3) is 0.821. The summed E-state index contributed by atoms with van der Waals surface area (Å²) in [6.07, 6.45) is 8.41. The van der Waals surface area contributed by atoms with Crippen LogP contribution in [0, 0.1) is 28.6 Å². The molecule has 4 aliphatic carbocycles. The summed E-state index contributed by atoms with van der Waals surface area (Å²) in [7, 11) is 0. The normalized spacial score (nSPS) is 45.3. The van der Waals surface area contributed by atoms with Gasteiger partial charge in [-0.2, -0.15) is 0 Å². The van der Waals surface area contributed by atoms with E-state index in [9.17, 15) is 14.4 Å². The van der Waals surface area contributed by atoms with Crippen LogP contribution < -0.4 is 0 Å². The Morgan fingerprint density at radius 3 is 2.46 bits per heavy atom. The molecule has 0 aromatic heterocycles. The lowest BCUT2D eigenvalue weighted by Gasteiger charge is -2.59. The number of hydrogen-bond acceptors (Lipinski definition) is 7. The van der Waals surface area contributed by atoms with Crippen molar-refractivity contribution in [3.8, 4) is 0 Å². The monoisotopic (exact) mass is 488 g/mol. The summed E-state index contributed by atoms with van der Waals surface area (Å²) in [6.45, 7) is 10.9. The van der Waals surface area contributed by atoms with E-state index in [1.54, 1.807) is 0 Å². The quantitative estimate of drug-likeness (QED) is 0.425. The zero-order valence-electron chi connectivity index (χ0n) is 22.0. The molecule has 0 N–H and O–H groups in total. The van der Waals surface area contributed by atoms with Crippen molar-refractivity contribution in [1.82, 2.24) is 0 Å². The Morgan fingerprint density at radius 1 is 1.03 bits per heavy atom. The third-order valence-corrected chi connectivity index (χ3v) is 10.2. The molecule has 8 atom stereocenters. The molecule has 0 unspecified atom stereocenters. The maximum atomic E-state index is 13.7. The zero-order chi connectivity index (χ0) is 25.4. The lowest BCUT2D eigenvalue weighted by Crippen LogP contribution is -2.61. The van der Waals surface area contributed by atoms with Crippen molar-refractivity contribution in [2.45, 2.75) is 110 Å². The van der Waals surface area contributed by atoms with Crippen LogP contribution in [0.2, 0.25) is 0 Å². The molecule has 194 valence electrons. The van der Waals surface area contributed by atoms with Gasteiger partial charge in [0.05, 0.1) is 6.10 Å². The van der Waals surface area contributed by atoms with Gasteiger partial charge in [-0.1, -0.05) is 25.5 Å². The van der Waals surface area contributed by atoms with E-state index in [-0.39, 0.29) is 47.3 Å².